The van der Waals surface area contributed by atoms with Gasteiger partial charge in [0.15, 0.2) is 10.4 Å². The molecule has 1 aromatic carbocycles. The fraction of sp³-hybridized carbons (Fsp3) is 0. The summed E-state index contributed by atoms with van der Waals surface area (Å²) in [7, 11) is 0. The maximum absolute atomic E-state index is 5.85. The number of anilines is 1. The summed E-state index contributed by atoms with van der Waals surface area (Å²) in [5.41, 5.74) is 7.19. The second-order valence-electron chi connectivity index (χ2n) is 3.61. The molecule has 0 atom stereocenters. The van der Waals surface area contributed by atoms with Crippen LogP contribution in [0.4, 0.5) is 5.69 Å². The number of hydrogen-bond acceptors (Lipinski definition) is 5. The monoisotopic (exact) mass is 305 g/mol. The first-order valence-corrected chi connectivity index (χ1v) is 5.97. The molecule has 6 heteroatoms. The van der Waals surface area contributed by atoms with E-state index in [9.17, 15) is 0 Å². The highest BCUT2D eigenvalue weighted by Crippen LogP contribution is 2.27. The molecule has 5 nitrogen and oxygen atoms in total. The van der Waals surface area contributed by atoms with Crippen LogP contribution in [0, 0.1) is 0 Å². The fourth-order valence-electron chi connectivity index (χ4n) is 1.56. The minimum atomic E-state index is 0.318. The van der Waals surface area contributed by atoms with Crippen LogP contribution in [-0.2, 0) is 0 Å². The molecule has 0 aliphatic heterocycles. The Kier molecular flexibility index (Phi) is 2.64. The summed E-state index contributed by atoms with van der Waals surface area (Å²) in [5, 5.41) is 3.89. The van der Waals surface area contributed by atoms with E-state index in [0.29, 0.717) is 27.8 Å². The zero-order valence-corrected chi connectivity index (χ0v) is 10.7. The molecule has 0 aliphatic carbocycles. The number of nitrogens with zero attached hydrogens (tertiary/aromatic N) is 2. The Morgan fingerprint density at radius 3 is 2.67 bits per heavy atom. The van der Waals surface area contributed by atoms with Gasteiger partial charge in [0.25, 0.3) is 5.89 Å². The Labute approximate surface area is 111 Å². The van der Waals surface area contributed by atoms with Gasteiger partial charge in [0.2, 0.25) is 5.82 Å². The lowest BCUT2D eigenvalue weighted by molar-refractivity contribution is 0.414. The number of hydrogen-bond donors (Lipinski definition) is 1. The van der Waals surface area contributed by atoms with E-state index in [2.05, 4.69) is 26.1 Å². The maximum atomic E-state index is 5.85. The summed E-state index contributed by atoms with van der Waals surface area (Å²) in [6, 6.07) is 10.8. The zero-order chi connectivity index (χ0) is 12.5. The number of furan rings is 1. The molecular weight excluding hydrogens is 298 g/mol. The molecule has 0 saturated carbocycles. The third-order valence-electron chi connectivity index (χ3n) is 2.41. The number of benzene rings is 1. The van der Waals surface area contributed by atoms with Gasteiger partial charge in [-0.25, -0.2) is 0 Å². The largest absolute Gasteiger partial charge is 0.444 e. The highest BCUT2D eigenvalue weighted by atomic mass is 79.9. The van der Waals surface area contributed by atoms with Crippen LogP contribution in [0.2, 0.25) is 0 Å². The minimum Gasteiger partial charge on any atom is -0.444 e. The Bertz CT molecular complexity index is 690. The molecule has 3 aromatic rings. The zero-order valence-electron chi connectivity index (χ0n) is 9.13. The molecule has 0 bridgehead atoms. The van der Waals surface area contributed by atoms with E-state index in [1.54, 1.807) is 18.2 Å². The van der Waals surface area contributed by atoms with Crippen LogP contribution in [0.3, 0.4) is 0 Å². The van der Waals surface area contributed by atoms with Crippen LogP contribution in [0.25, 0.3) is 23.0 Å². The van der Waals surface area contributed by atoms with Crippen LogP contribution in [-0.4, -0.2) is 10.1 Å². The molecule has 0 aliphatic rings. The van der Waals surface area contributed by atoms with Crippen molar-refractivity contribution in [3.8, 4) is 23.0 Å². The van der Waals surface area contributed by atoms with Crippen LogP contribution < -0.4 is 5.73 Å². The quantitative estimate of drug-likeness (QED) is 0.735. The summed E-state index contributed by atoms with van der Waals surface area (Å²) in [6.07, 6.45) is 0. The van der Waals surface area contributed by atoms with Crippen molar-refractivity contribution >= 4 is 21.6 Å². The van der Waals surface area contributed by atoms with Gasteiger partial charge in [0.1, 0.15) is 0 Å². The molecule has 18 heavy (non-hydrogen) atoms. The number of para-hydroxylation sites is 1. The first kappa shape index (κ1) is 11.0. The van der Waals surface area contributed by atoms with Crippen molar-refractivity contribution in [3.63, 3.8) is 0 Å². The topological polar surface area (TPSA) is 78.1 Å². The van der Waals surface area contributed by atoms with E-state index in [0.717, 1.165) is 5.56 Å². The van der Waals surface area contributed by atoms with Gasteiger partial charge in [-0.15, -0.1) is 0 Å². The van der Waals surface area contributed by atoms with Gasteiger partial charge in [0.05, 0.1) is 0 Å². The molecule has 2 aromatic heterocycles. The van der Waals surface area contributed by atoms with Crippen molar-refractivity contribution in [2.24, 2.45) is 0 Å². The van der Waals surface area contributed by atoms with Crippen molar-refractivity contribution in [2.45, 2.75) is 0 Å². The Balaban J connectivity index is 2.02. The smallest absolute Gasteiger partial charge is 0.293 e. The van der Waals surface area contributed by atoms with Crippen molar-refractivity contribution in [1.29, 1.82) is 0 Å². The second-order valence-corrected chi connectivity index (χ2v) is 4.40. The number of nitrogen functional groups attached to an aromatic ring is 1. The van der Waals surface area contributed by atoms with Gasteiger partial charge in [0, 0.05) is 11.3 Å². The first-order chi connectivity index (χ1) is 8.74. The lowest BCUT2D eigenvalue weighted by atomic mass is 10.2. The molecule has 0 unspecified atom stereocenters. The second kappa shape index (κ2) is 4.30. The van der Waals surface area contributed by atoms with Crippen LogP contribution in [0.1, 0.15) is 0 Å². The fourth-order valence-corrected chi connectivity index (χ4v) is 1.87. The Morgan fingerprint density at radius 1 is 1.11 bits per heavy atom. The molecule has 2 heterocycles. The third kappa shape index (κ3) is 1.91. The highest BCUT2D eigenvalue weighted by molar-refractivity contribution is 9.10. The van der Waals surface area contributed by atoms with E-state index < -0.39 is 0 Å². The standard InChI is InChI=1S/C12H8BrN3O2/c13-10-6-5-9(17-10)12-15-11(16-18-12)7-3-1-2-4-8(7)14/h1-6H,14H2. The average molecular weight is 306 g/mol. The van der Waals surface area contributed by atoms with Gasteiger partial charge in [-0.2, -0.15) is 4.98 Å². The van der Waals surface area contributed by atoms with E-state index in [-0.39, 0.29) is 0 Å². The molecule has 0 saturated heterocycles. The van der Waals surface area contributed by atoms with Gasteiger partial charge < -0.3 is 14.7 Å². The minimum absolute atomic E-state index is 0.318. The summed E-state index contributed by atoms with van der Waals surface area (Å²) in [6.45, 7) is 0. The number of rotatable bonds is 2. The molecule has 0 radical (unpaired) electrons. The predicted molar refractivity (Wildman–Crippen MR) is 69.5 cm³/mol. The van der Waals surface area contributed by atoms with Gasteiger partial charge >= 0.3 is 0 Å². The Hall–Kier alpha value is -2.08. The van der Waals surface area contributed by atoms with Crippen LogP contribution >= 0.6 is 15.9 Å². The Morgan fingerprint density at radius 2 is 1.94 bits per heavy atom. The molecule has 90 valence electrons. The van der Waals surface area contributed by atoms with Crippen LogP contribution in [0.5, 0.6) is 0 Å². The lowest BCUT2D eigenvalue weighted by Crippen LogP contribution is -1.90. The van der Waals surface area contributed by atoms with Gasteiger partial charge in [-0.3, -0.25) is 0 Å². The molecule has 0 spiro atoms. The third-order valence-corrected chi connectivity index (χ3v) is 2.84. The van der Waals surface area contributed by atoms with Crippen LogP contribution in [0.15, 0.2) is 50.0 Å². The number of halogens is 1. The molecule has 0 fully saturated rings. The number of nitrogens with two attached hydrogens (primary N) is 1. The van der Waals surface area contributed by atoms with Crippen molar-refractivity contribution in [2.75, 3.05) is 5.73 Å². The molecular formula is C12H8BrN3O2. The lowest BCUT2D eigenvalue weighted by Gasteiger charge is -1.97. The summed E-state index contributed by atoms with van der Waals surface area (Å²) in [4.78, 5) is 4.25. The predicted octanol–water partition coefficient (Wildman–Crippen LogP) is 3.34. The first-order valence-electron chi connectivity index (χ1n) is 5.18. The van der Waals surface area contributed by atoms with Crippen molar-refractivity contribution in [3.05, 3.63) is 41.1 Å². The summed E-state index contributed by atoms with van der Waals surface area (Å²) >= 11 is 3.22. The van der Waals surface area contributed by atoms with E-state index in [1.807, 2.05) is 18.2 Å². The van der Waals surface area contributed by atoms with E-state index >= 15 is 0 Å². The van der Waals surface area contributed by atoms with Crippen molar-refractivity contribution in [1.82, 2.24) is 10.1 Å². The molecule has 0 amide bonds. The van der Waals surface area contributed by atoms with E-state index in [1.165, 1.54) is 0 Å². The number of aromatic nitrogens is 2. The SMILES string of the molecule is Nc1ccccc1-c1noc(-c2ccc(Br)o2)n1. The van der Waals surface area contributed by atoms with Gasteiger partial charge in [-0.1, -0.05) is 17.3 Å². The highest BCUT2D eigenvalue weighted by Gasteiger charge is 2.14. The van der Waals surface area contributed by atoms with Gasteiger partial charge in [-0.05, 0) is 40.2 Å². The van der Waals surface area contributed by atoms with E-state index in [4.69, 9.17) is 14.7 Å². The molecule has 2 N–H and O–H groups in total. The normalized spacial score (nSPS) is 10.7. The summed E-state index contributed by atoms with van der Waals surface area (Å²) < 4.78 is 11.1. The van der Waals surface area contributed by atoms with Crippen molar-refractivity contribution < 1.29 is 8.94 Å². The maximum Gasteiger partial charge on any atom is 0.293 e. The molecule has 3 rings (SSSR count). The average Bonchev–Trinajstić information content (AvgIpc) is 2.98. The summed E-state index contributed by atoms with van der Waals surface area (Å²) in [5.74, 6) is 1.27.